The van der Waals surface area contributed by atoms with E-state index in [0.717, 1.165) is 21.2 Å². The van der Waals surface area contributed by atoms with Crippen LogP contribution in [-0.2, 0) is 28.3 Å². The van der Waals surface area contributed by atoms with Gasteiger partial charge in [-0.25, -0.2) is 4.39 Å². The van der Waals surface area contributed by atoms with Gasteiger partial charge < -0.3 is 10.2 Å². The summed E-state index contributed by atoms with van der Waals surface area (Å²) in [6.07, 6.45) is 0.382. The molecule has 0 spiro atoms. The topological polar surface area (TPSA) is 49.4 Å². The zero-order chi connectivity index (χ0) is 26.1. The summed E-state index contributed by atoms with van der Waals surface area (Å²) < 4.78 is 14.6. The molecule has 0 aliphatic heterocycles. The average molecular weight is 572 g/mol. The van der Waals surface area contributed by atoms with Gasteiger partial charge in [0.1, 0.15) is 11.9 Å². The van der Waals surface area contributed by atoms with Crippen molar-refractivity contribution in [3.63, 3.8) is 0 Å². The van der Waals surface area contributed by atoms with Crippen LogP contribution < -0.4 is 5.32 Å². The molecule has 0 saturated carbocycles. The number of thioether (sulfide) groups is 1. The fraction of sp³-hybridized carbons (Fsp3) is 0.310. The van der Waals surface area contributed by atoms with Crippen molar-refractivity contribution in [3.8, 4) is 0 Å². The Balaban J connectivity index is 1.85. The molecule has 0 unspecified atom stereocenters. The van der Waals surface area contributed by atoms with E-state index in [1.165, 1.54) is 23.9 Å². The largest absolute Gasteiger partial charge is 0.350 e. The Kier molecular flexibility index (Phi) is 10.1. The molecule has 0 fully saturated rings. The third-order valence-electron chi connectivity index (χ3n) is 5.44. The highest BCUT2D eigenvalue weighted by molar-refractivity contribution is 9.10. The van der Waals surface area contributed by atoms with Crippen LogP contribution in [0, 0.1) is 5.82 Å². The second-order valence-corrected chi connectivity index (χ2v) is 11.6. The number of carbonyl (C=O) groups excluding carboxylic acids is 2. The van der Waals surface area contributed by atoms with Gasteiger partial charge in [0.05, 0.1) is 5.75 Å². The van der Waals surface area contributed by atoms with Crippen LogP contribution >= 0.6 is 27.7 Å². The molecule has 0 aliphatic carbocycles. The Hall–Kier alpha value is -2.64. The number of hydrogen-bond acceptors (Lipinski definition) is 3. The first kappa shape index (κ1) is 27.9. The summed E-state index contributed by atoms with van der Waals surface area (Å²) in [5.74, 6) is 0.228. The monoisotopic (exact) mass is 570 g/mol. The van der Waals surface area contributed by atoms with Gasteiger partial charge in [0.25, 0.3) is 0 Å². The fourth-order valence-electron chi connectivity index (χ4n) is 3.71. The lowest BCUT2D eigenvalue weighted by molar-refractivity contribution is -0.140. The molecule has 3 aromatic rings. The molecule has 3 aromatic carbocycles. The lowest BCUT2D eigenvalue weighted by atomic mass is 10.0. The molecule has 4 nitrogen and oxygen atoms in total. The van der Waals surface area contributed by atoms with Crippen molar-refractivity contribution in [2.75, 3.05) is 5.75 Å². The predicted molar refractivity (Wildman–Crippen MR) is 149 cm³/mol. The fourth-order valence-corrected chi connectivity index (χ4v) is 4.85. The third kappa shape index (κ3) is 9.10. The first-order valence-electron chi connectivity index (χ1n) is 11.8. The van der Waals surface area contributed by atoms with Gasteiger partial charge in [0, 0.05) is 28.7 Å². The van der Waals surface area contributed by atoms with E-state index in [4.69, 9.17) is 0 Å². The molecular formula is C29H32BrFN2O2S. The van der Waals surface area contributed by atoms with Crippen molar-refractivity contribution in [2.24, 2.45) is 0 Å². The van der Waals surface area contributed by atoms with Crippen molar-refractivity contribution >= 4 is 39.5 Å². The maximum Gasteiger partial charge on any atom is 0.243 e. The van der Waals surface area contributed by atoms with E-state index in [-0.39, 0.29) is 29.9 Å². The maximum atomic E-state index is 13.6. The molecule has 0 saturated heterocycles. The van der Waals surface area contributed by atoms with E-state index in [9.17, 15) is 14.0 Å². The summed E-state index contributed by atoms with van der Waals surface area (Å²) in [6, 6.07) is 23.0. The van der Waals surface area contributed by atoms with Crippen LogP contribution in [0.5, 0.6) is 0 Å². The Morgan fingerprint density at radius 2 is 1.53 bits per heavy atom. The van der Waals surface area contributed by atoms with Gasteiger partial charge in [0.15, 0.2) is 0 Å². The van der Waals surface area contributed by atoms with Crippen LogP contribution in [0.3, 0.4) is 0 Å². The molecule has 0 heterocycles. The first-order chi connectivity index (χ1) is 17.1. The van der Waals surface area contributed by atoms with E-state index in [1.54, 1.807) is 17.0 Å². The maximum absolute atomic E-state index is 13.6. The summed E-state index contributed by atoms with van der Waals surface area (Å²) in [5, 5.41) is 3.05. The molecule has 0 bridgehead atoms. The van der Waals surface area contributed by atoms with Crippen molar-refractivity contribution in [3.05, 3.63) is 106 Å². The number of rotatable bonds is 10. The average Bonchev–Trinajstić information content (AvgIpc) is 2.83. The molecule has 0 radical (unpaired) electrons. The van der Waals surface area contributed by atoms with Crippen molar-refractivity contribution in [2.45, 2.75) is 51.1 Å². The molecule has 0 aromatic heterocycles. The van der Waals surface area contributed by atoms with Gasteiger partial charge in [-0.2, -0.15) is 0 Å². The minimum Gasteiger partial charge on any atom is -0.350 e. The summed E-state index contributed by atoms with van der Waals surface area (Å²) in [4.78, 5) is 28.7. The van der Waals surface area contributed by atoms with Crippen LogP contribution in [-0.4, -0.2) is 34.0 Å². The lowest BCUT2D eigenvalue weighted by Gasteiger charge is -2.34. The molecular weight excluding hydrogens is 539 g/mol. The quantitative estimate of drug-likeness (QED) is 0.308. The highest BCUT2D eigenvalue weighted by atomic mass is 79.9. The molecule has 36 heavy (non-hydrogen) atoms. The van der Waals surface area contributed by atoms with Crippen LogP contribution in [0.15, 0.2) is 83.3 Å². The third-order valence-corrected chi connectivity index (χ3v) is 6.96. The molecule has 2 amide bonds. The Morgan fingerprint density at radius 3 is 2.14 bits per heavy atom. The van der Waals surface area contributed by atoms with E-state index in [1.807, 2.05) is 75.4 Å². The summed E-state index contributed by atoms with van der Waals surface area (Å²) in [5.41, 5.74) is 2.40. The van der Waals surface area contributed by atoms with Crippen molar-refractivity contribution in [1.82, 2.24) is 10.2 Å². The molecule has 190 valence electrons. The first-order valence-corrected chi connectivity index (χ1v) is 13.8. The number of carbonyl (C=O) groups is 2. The number of nitrogens with zero attached hydrogens (tertiary/aromatic N) is 1. The molecule has 0 aliphatic rings. The Labute approximate surface area is 225 Å². The van der Waals surface area contributed by atoms with Gasteiger partial charge in [-0.3, -0.25) is 9.59 Å². The Morgan fingerprint density at radius 1 is 0.917 bits per heavy atom. The molecule has 1 N–H and O–H groups in total. The zero-order valence-corrected chi connectivity index (χ0v) is 23.2. The molecule has 3 rings (SSSR count). The smallest absolute Gasteiger partial charge is 0.243 e. The van der Waals surface area contributed by atoms with Crippen molar-refractivity contribution < 1.29 is 14.0 Å². The van der Waals surface area contributed by atoms with Crippen molar-refractivity contribution in [1.29, 1.82) is 0 Å². The summed E-state index contributed by atoms with van der Waals surface area (Å²) >= 11 is 4.95. The highest BCUT2D eigenvalue weighted by Gasteiger charge is 2.32. The van der Waals surface area contributed by atoms with E-state index >= 15 is 0 Å². The predicted octanol–water partition coefficient (Wildman–Crippen LogP) is 6.38. The second kappa shape index (κ2) is 13.1. The number of nitrogens with one attached hydrogen (secondary N) is 1. The van der Waals surface area contributed by atoms with Crippen LogP contribution in [0.2, 0.25) is 0 Å². The van der Waals surface area contributed by atoms with Crippen LogP contribution in [0.4, 0.5) is 4.39 Å². The lowest BCUT2D eigenvalue weighted by Crippen LogP contribution is -2.54. The van der Waals surface area contributed by atoms with Gasteiger partial charge in [-0.05, 0) is 61.7 Å². The van der Waals surface area contributed by atoms with E-state index < -0.39 is 11.6 Å². The second-order valence-electron chi connectivity index (χ2n) is 9.71. The minimum absolute atomic E-state index is 0.133. The van der Waals surface area contributed by atoms with Gasteiger partial charge in [0.2, 0.25) is 11.8 Å². The normalized spacial score (nSPS) is 12.1. The van der Waals surface area contributed by atoms with E-state index in [0.29, 0.717) is 12.2 Å². The summed E-state index contributed by atoms with van der Waals surface area (Å²) in [7, 11) is 0. The number of hydrogen-bond donors (Lipinski definition) is 1. The number of benzene rings is 3. The van der Waals surface area contributed by atoms with Crippen LogP contribution in [0.1, 0.15) is 37.5 Å². The van der Waals surface area contributed by atoms with Gasteiger partial charge in [-0.15, -0.1) is 11.8 Å². The SMILES string of the molecule is CC(C)(C)NC(=O)[C@@H](Cc1ccccc1)N(Cc1ccc(F)cc1)C(=O)CSCc1ccc(Br)cc1. The molecule has 1 atom stereocenters. The highest BCUT2D eigenvalue weighted by Crippen LogP contribution is 2.20. The zero-order valence-electron chi connectivity index (χ0n) is 20.8. The van der Waals surface area contributed by atoms with E-state index in [2.05, 4.69) is 21.2 Å². The summed E-state index contributed by atoms with van der Waals surface area (Å²) in [6.45, 7) is 5.98. The number of amides is 2. The Bertz CT molecular complexity index is 1130. The number of halogens is 2. The van der Waals surface area contributed by atoms with Gasteiger partial charge in [-0.1, -0.05) is 70.5 Å². The minimum atomic E-state index is -0.711. The van der Waals surface area contributed by atoms with Gasteiger partial charge >= 0.3 is 0 Å². The standard InChI is InChI=1S/C29H32BrFN2O2S/c1-29(2,3)32-28(35)26(17-21-7-5-4-6-8-21)33(18-22-11-15-25(31)16-12-22)27(34)20-36-19-23-9-13-24(30)14-10-23/h4-16,26H,17-20H2,1-3H3,(H,32,35)/t26-/m1/s1. The molecule has 7 heteroatoms. The van der Waals surface area contributed by atoms with Crippen LogP contribution in [0.25, 0.3) is 0 Å².